The highest BCUT2D eigenvalue weighted by Gasteiger charge is 2.14. The van der Waals surface area contributed by atoms with E-state index in [1.165, 1.54) is 0 Å². The number of alkyl halides is 3. The molecule has 50 valence electrons. The van der Waals surface area contributed by atoms with Crippen LogP contribution in [0.2, 0.25) is 0 Å². The van der Waals surface area contributed by atoms with Gasteiger partial charge in [0.2, 0.25) is 0 Å². The summed E-state index contributed by atoms with van der Waals surface area (Å²) in [5.41, 5.74) is 0. The third-order valence-electron chi connectivity index (χ3n) is 0.878. The van der Waals surface area contributed by atoms with Crippen LogP contribution in [0.15, 0.2) is 0 Å². The molecule has 2 atom stereocenters. The minimum Gasteiger partial charge on any atom is -0.0881 e. The second-order valence-corrected chi connectivity index (χ2v) is 5.75. The summed E-state index contributed by atoms with van der Waals surface area (Å²) in [6, 6.07) is 0. The Kier molecular flexibility index (Phi) is 5.06. The van der Waals surface area contributed by atoms with E-state index < -0.39 is 0 Å². The van der Waals surface area contributed by atoms with Crippen LogP contribution in [0.4, 0.5) is 0 Å². The molecule has 0 saturated carbocycles. The van der Waals surface area contributed by atoms with E-state index in [2.05, 4.69) is 61.6 Å². The van der Waals surface area contributed by atoms with Gasteiger partial charge in [-0.1, -0.05) is 61.6 Å². The number of hydrogen-bond donors (Lipinski definition) is 0. The fourth-order valence-corrected chi connectivity index (χ4v) is 1.69. The summed E-state index contributed by atoms with van der Waals surface area (Å²) < 4.78 is 0. The van der Waals surface area contributed by atoms with Crippen molar-refractivity contribution in [2.45, 2.75) is 28.3 Å². The highest BCUT2D eigenvalue weighted by molar-refractivity contribution is 9.13. The Bertz CT molecular complexity index is 52.7. The lowest BCUT2D eigenvalue weighted by atomic mass is 10.3. The van der Waals surface area contributed by atoms with Crippen LogP contribution >= 0.6 is 47.8 Å². The van der Waals surface area contributed by atoms with Gasteiger partial charge in [-0.25, -0.2) is 0 Å². The second-order valence-electron chi connectivity index (χ2n) is 1.80. The third-order valence-corrected chi connectivity index (χ3v) is 5.02. The zero-order valence-electron chi connectivity index (χ0n) is 4.87. The standard InChI is InChI=1S/C5H9Br3/c1-3(6)5(8)4(2)7/h3-5H,1-2H3/t3-,4-/m1/s1. The largest absolute Gasteiger partial charge is 0.0881 e. The van der Waals surface area contributed by atoms with Crippen molar-refractivity contribution in [3.63, 3.8) is 0 Å². The van der Waals surface area contributed by atoms with Gasteiger partial charge in [0.1, 0.15) is 0 Å². The molecule has 0 rings (SSSR count). The monoisotopic (exact) mass is 306 g/mol. The van der Waals surface area contributed by atoms with Gasteiger partial charge >= 0.3 is 0 Å². The van der Waals surface area contributed by atoms with Crippen LogP contribution in [0.5, 0.6) is 0 Å². The van der Waals surface area contributed by atoms with Crippen LogP contribution in [0.25, 0.3) is 0 Å². The van der Waals surface area contributed by atoms with Crippen LogP contribution in [0, 0.1) is 0 Å². The molecule has 0 saturated heterocycles. The van der Waals surface area contributed by atoms with Crippen LogP contribution in [0.1, 0.15) is 13.8 Å². The molecule has 3 heteroatoms. The van der Waals surface area contributed by atoms with E-state index >= 15 is 0 Å². The minimum atomic E-state index is 0.516. The van der Waals surface area contributed by atoms with Gasteiger partial charge in [0.15, 0.2) is 0 Å². The van der Waals surface area contributed by atoms with Crippen LogP contribution in [-0.2, 0) is 0 Å². The molecule has 0 nitrogen and oxygen atoms in total. The van der Waals surface area contributed by atoms with Crippen molar-refractivity contribution in [2.24, 2.45) is 0 Å². The van der Waals surface area contributed by atoms with Crippen molar-refractivity contribution in [3.8, 4) is 0 Å². The fourth-order valence-electron chi connectivity index (χ4n) is 0.365. The first kappa shape index (κ1) is 9.44. The molecule has 0 fully saturated rings. The molecule has 0 aliphatic rings. The lowest BCUT2D eigenvalue weighted by Crippen LogP contribution is -2.18. The Morgan fingerprint density at radius 2 is 1.12 bits per heavy atom. The molecule has 0 aliphatic carbocycles. The van der Waals surface area contributed by atoms with E-state index in [4.69, 9.17) is 0 Å². The molecule has 0 heterocycles. The number of rotatable bonds is 2. The average molecular weight is 309 g/mol. The van der Waals surface area contributed by atoms with E-state index in [1.807, 2.05) is 0 Å². The van der Waals surface area contributed by atoms with Crippen molar-refractivity contribution in [2.75, 3.05) is 0 Å². The first-order valence-corrected chi connectivity index (χ1v) is 5.22. The van der Waals surface area contributed by atoms with E-state index in [-0.39, 0.29) is 0 Å². The summed E-state index contributed by atoms with van der Waals surface area (Å²) >= 11 is 10.4. The first-order chi connectivity index (χ1) is 3.55. The normalized spacial score (nSPS) is 18.8. The number of hydrogen-bond acceptors (Lipinski definition) is 0. The van der Waals surface area contributed by atoms with Gasteiger partial charge in [-0.2, -0.15) is 0 Å². The van der Waals surface area contributed by atoms with Gasteiger partial charge in [-0.05, 0) is 0 Å². The smallest absolute Gasteiger partial charge is 0.0390 e. The van der Waals surface area contributed by atoms with Crippen LogP contribution < -0.4 is 0 Å². The van der Waals surface area contributed by atoms with Crippen molar-refractivity contribution in [3.05, 3.63) is 0 Å². The molecule has 0 amide bonds. The lowest BCUT2D eigenvalue weighted by molar-refractivity contribution is 0.858. The molecule has 0 unspecified atom stereocenters. The third kappa shape index (κ3) is 3.46. The summed E-state index contributed by atoms with van der Waals surface area (Å²) in [6.07, 6.45) is 0. The summed E-state index contributed by atoms with van der Waals surface area (Å²) in [4.78, 5) is 1.57. The number of halogens is 3. The van der Waals surface area contributed by atoms with E-state index in [0.29, 0.717) is 14.5 Å². The predicted molar refractivity (Wildman–Crippen MR) is 49.5 cm³/mol. The second kappa shape index (κ2) is 4.29. The molecule has 0 aromatic rings. The average Bonchev–Trinajstić information content (AvgIpc) is 1.64. The zero-order chi connectivity index (χ0) is 6.73. The maximum absolute atomic E-state index is 3.51. The Labute approximate surface area is 75.8 Å². The maximum atomic E-state index is 3.51. The summed E-state index contributed by atoms with van der Waals surface area (Å²) in [6.45, 7) is 4.24. The predicted octanol–water partition coefficient (Wildman–Crippen LogP) is 3.32. The topological polar surface area (TPSA) is 0 Å². The van der Waals surface area contributed by atoms with Crippen molar-refractivity contribution in [1.29, 1.82) is 0 Å². The quantitative estimate of drug-likeness (QED) is 0.687. The molecular weight excluding hydrogens is 300 g/mol. The van der Waals surface area contributed by atoms with Gasteiger partial charge in [0.05, 0.1) is 0 Å². The molecule has 0 radical (unpaired) electrons. The SMILES string of the molecule is C[C@@H](Br)C(Br)[C@@H](C)Br. The summed E-state index contributed by atoms with van der Waals surface area (Å²) in [7, 11) is 0. The Morgan fingerprint density at radius 1 is 0.875 bits per heavy atom. The van der Waals surface area contributed by atoms with Crippen molar-refractivity contribution < 1.29 is 0 Å². The molecule has 0 aromatic carbocycles. The van der Waals surface area contributed by atoms with Crippen LogP contribution in [-0.4, -0.2) is 14.5 Å². The molecule has 8 heavy (non-hydrogen) atoms. The summed E-state index contributed by atoms with van der Waals surface area (Å²) in [5, 5.41) is 0. The highest BCUT2D eigenvalue weighted by Crippen LogP contribution is 2.21. The van der Waals surface area contributed by atoms with Crippen LogP contribution in [0.3, 0.4) is 0 Å². The van der Waals surface area contributed by atoms with Crippen molar-refractivity contribution in [1.82, 2.24) is 0 Å². The molecule has 0 aromatic heterocycles. The lowest BCUT2D eigenvalue weighted by Gasteiger charge is -2.13. The van der Waals surface area contributed by atoms with Crippen molar-refractivity contribution >= 4 is 47.8 Å². The Balaban J connectivity index is 3.46. The van der Waals surface area contributed by atoms with Gasteiger partial charge in [-0.15, -0.1) is 0 Å². The Hall–Kier alpha value is 1.44. The van der Waals surface area contributed by atoms with Gasteiger partial charge < -0.3 is 0 Å². The van der Waals surface area contributed by atoms with Gasteiger partial charge in [0, 0.05) is 14.5 Å². The van der Waals surface area contributed by atoms with E-state index in [1.54, 1.807) is 0 Å². The fraction of sp³-hybridized carbons (Fsp3) is 1.00. The van der Waals surface area contributed by atoms with Gasteiger partial charge in [-0.3, -0.25) is 0 Å². The van der Waals surface area contributed by atoms with Gasteiger partial charge in [0.25, 0.3) is 0 Å². The van der Waals surface area contributed by atoms with E-state index in [9.17, 15) is 0 Å². The molecular formula is C5H9Br3. The minimum absolute atomic E-state index is 0.516. The first-order valence-electron chi connectivity index (χ1n) is 2.48. The van der Waals surface area contributed by atoms with E-state index in [0.717, 1.165) is 0 Å². The molecule has 0 aliphatic heterocycles. The molecule has 0 bridgehead atoms. The highest BCUT2D eigenvalue weighted by atomic mass is 79.9. The Morgan fingerprint density at radius 3 is 1.12 bits per heavy atom. The molecule has 0 spiro atoms. The maximum Gasteiger partial charge on any atom is 0.0390 e. The summed E-state index contributed by atoms with van der Waals surface area (Å²) in [5.74, 6) is 0. The molecule has 0 N–H and O–H groups in total. The zero-order valence-corrected chi connectivity index (χ0v) is 9.62.